The Balaban J connectivity index is 1.22. The van der Waals surface area contributed by atoms with Crippen molar-refractivity contribution in [1.82, 2.24) is 9.80 Å². The molecule has 228 valence electrons. The highest BCUT2D eigenvalue weighted by atomic mass is 16.7. The number of hydrogen-bond donors (Lipinski definition) is 1. The second kappa shape index (κ2) is 9.68. The van der Waals surface area contributed by atoms with E-state index in [-0.39, 0.29) is 44.5 Å². The first-order chi connectivity index (χ1) is 21.3. The lowest BCUT2D eigenvalue weighted by atomic mass is 9.77. The molecule has 5 unspecified atom stereocenters. The fraction of sp³-hybridized carbons (Fsp3) is 0.394. The number of amides is 2. The van der Waals surface area contributed by atoms with E-state index in [1.54, 1.807) is 26.0 Å². The van der Waals surface area contributed by atoms with Gasteiger partial charge in [-0.3, -0.25) is 9.59 Å². The molecule has 3 aromatic carbocycles. The molecule has 5 aliphatic rings. The number of aliphatic hydroxyl groups is 1. The van der Waals surface area contributed by atoms with Crippen molar-refractivity contribution in [2.45, 2.75) is 42.9 Å². The van der Waals surface area contributed by atoms with Crippen LogP contribution in [-0.2, 0) is 16.0 Å². The summed E-state index contributed by atoms with van der Waals surface area (Å²) in [5.41, 5.74) is 1.35. The summed E-state index contributed by atoms with van der Waals surface area (Å²) in [6.45, 7) is 2.23. The topological polar surface area (TPSA) is 116 Å². The number of carbonyl (C=O) groups excluding carboxylic acids is 2. The highest BCUT2D eigenvalue weighted by Crippen LogP contribution is 2.64. The Morgan fingerprint density at radius 3 is 2.41 bits per heavy atom. The maximum Gasteiger partial charge on any atom is 0.256 e. The SMILES string of the molecule is COc1cc(CC2CN3C(=O)C4(O)C(c5ccccc5)c5c(cc6c(c5OC)OCO6)C4C3CN2C(C)=O)cc2c1OCO2. The molecule has 2 amide bonds. The predicted octanol–water partition coefficient (Wildman–Crippen LogP) is 2.81. The number of carbonyl (C=O) groups is 2. The summed E-state index contributed by atoms with van der Waals surface area (Å²) in [5, 5.41) is 12.8. The average molecular weight is 601 g/mol. The average Bonchev–Trinajstić information content (AvgIpc) is 3.79. The summed E-state index contributed by atoms with van der Waals surface area (Å²) in [5.74, 6) is 1.30. The van der Waals surface area contributed by atoms with Crippen LogP contribution in [0, 0.1) is 0 Å². The Morgan fingerprint density at radius 2 is 1.70 bits per heavy atom. The molecule has 11 nitrogen and oxygen atoms in total. The third-order valence-electron chi connectivity index (χ3n) is 9.78. The molecule has 0 saturated carbocycles. The van der Waals surface area contributed by atoms with Gasteiger partial charge in [-0.2, -0.15) is 0 Å². The lowest BCUT2D eigenvalue weighted by Gasteiger charge is -2.44. The van der Waals surface area contributed by atoms with Gasteiger partial charge in [-0.15, -0.1) is 0 Å². The lowest BCUT2D eigenvalue weighted by Crippen LogP contribution is -2.60. The molecule has 2 fully saturated rings. The molecule has 0 aromatic heterocycles. The minimum atomic E-state index is -1.81. The van der Waals surface area contributed by atoms with Crippen molar-refractivity contribution >= 4 is 11.8 Å². The van der Waals surface area contributed by atoms with Crippen LogP contribution in [0.1, 0.15) is 41.0 Å². The Morgan fingerprint density at radius 1 is 0.977 bits per heavy atom. The van der Waals surface area contributed by atoms with Gasteiger partial charge in [0.25, 0.3) is 5.91 Å². The van der Waals surface area contributed by atoms with E-state index in [0.717, 1.165) is 16.7 Å². The van der Waals surface area contributed by atoms with Crippen LogP contribution in [-0.4, -0.2) is 85.3 Å². The Hall–Kier alpha value is -4.64. The normalized spacial score (nSPS) is 27.2. The van der Waals surface area contributed by atoms with E-state index in [2.05, 4.69) is 0 Å². The maximum atomic E-state index is 14.6. The third-order valence-corrected chi connectivity index (χ3v) is 9.78. The minimum Gasteiger partial charge on any atom is -0.493 e. The van der Waals surface area contributed by atoms with E-state index in [1.165, 1.54) is 0 Å². The first-order valence-corrected chi connectivity index (χ1v) is 14.7. The second-order valence-electron chi connectivity index (χ2n) is 11.9. The van der Waals surface area contributed by atoms with Crippen molar-refractivity contribution < 1.29 is 43.1 Å². The van der Waals surface area contributed by atoms with Gasteiger partial charge in [0, 0.05) is 31.5 Å². The van der Waals surface area contributed by atoms with E-state index in [0.29, 0.717) is 46.5 Å². The zero-order valence-corrected chi connectivity index (χ0v) is 24.6. The van der Waals surface area contributed by atoms with Gasteiger partial charge in [0.2, 0.25) is 31.0 Å². The van der Waals surface area contributed by atoms with Gasteiger partial charge in [0.15, 0.2) is 28.6 Å². The molecule has 2 saturated heterocycles. The third kappa shape index (κ3) is 3.59. The number of hydrogen-bond acceptors (Lipinski definition) is 9. The fourth-order valence-corrected chi connectivity index (χ4v) is 8.06. The van der Waals surface area contributed by atoms with Gasteiger partial charge in [-0.05, 0) is 41.3 Å². The molecular weight excluding hydrogens is 568 g/mol. The zero-order valence-electron chi connectivity index (χ0n) is 24.6. The lowest BCUT2D eigenvalue weighted by molar-refractivity contribution is -0.149. The van der Waals surface area contributed by atoms with Gasteiger partial charge < -0.3 is 43.3 Å². The van der Waals surface area contributed by atoms with Gasteiger partial charge in [0.05, 0.1) is 32.2 Å². The predicted molar refractivity (Wildman–Crippen MR) is 155 cm³/mol. The number of rotatable bonds is 5. The van der Waals surface area contributed by atoms with Crippen LogP contribution in [0.4, 0.5) is 0 Å². The number of ether oxygens (including phenoxy) is 6. The van der Waals surface area contributed by atoms with E-state index in [1.807, 2.05) is 53.4 Å². The fourth-order valence-electron chi connectivity index (χ4n) is 8.06. The van der Waals surface area contributed by atoms with Crippen molar-refractivity contribution in [2.75, 3.05) is 40.9 Å². The maximum absolute atomic E-state index is 14.6. The molecule has 11 heteroatoms. The molecule has 0 bridgehead atoms. The summed E-state index contributed by atoms with van der Waals surface area (Å²) in [6.07, 6.45) is 0.456. The highest BCUT2D eigenvalue weighted by molar-refractivity contribution is 5.95. The zero-order chi connectivity index (χ0) is 30.3. The molecule has 3 aromatic rings. The van der Waals surface area contributed by atoms with Crippen molar-refractivity contribution in [2.24, 2.45) is 0 Å². The van der Waals surface area contributed by atoms with Crippen molar-refractivity contribution in [3.8, 4) is 34.5 Å². The number of benzene rings is 3. The van der Waals surface area contributed by atoms with Gasteiger partial charge in [-0.25, -0.2) is 0 Å². The monoisotopic (exact) mass is 600 g/mol. The highest BCUT2D eigenvalue weighted by Gasteiger charge is 2.69. The number of piperazine rings is 1. The molecule has 1 N–H and O–H groups in total. The van der Waals surface area contributed by atoms with Crippen molar-refractivity contribution in [3.05, 3.63) is 70.8 Å². The first kappa shape index (κ1) is 26.9. The quantitative estimate of drug-likeness (QED) is 0.472. The van der Waals surface area contributed by atoms with Gasteiger partial charge in [0.1, 0.15) is 0 Å². The molecular formula is C33H32N2O9. The molecule has 8 rings (SSSR count). The van der Waals surface area contributed by atoms with Gasteiger partial charge >= 0.3 is 0 Å². The molecule has 1 aliphatic carbocycles. The molecule has 4 heterocycles. The number of fused-ring (bicyclic) bond motifs is 7. The minimum absolute atomic E-state index is 0.0540. The summed E-state index contributed by atoms with van der Waals surface area (Å²) in [4.78, 5) is 31.3. The van der Waals surface area contributed by atoms with Crippen molar-refractivity contribution in [3.63, 3.8) is 0 Å². The molecule has 0 spiro atoms. The van der Waals surface area contributed by atoms with Crippen LogP contribution < -0.4 is 28.4 Å². The van der Waals surface area contributed by atoms with Crippen LogP contribution in [0.3, 0.4) is 0 Å². The largest absolute Gasteiger partial charge is 0.493 e. The Bertz CT molecular complexity index is 1690. The molecule has 5 atom stereocenters. The Labute approximate surface area is 253 Å². The van der Waals surface area contributed by atoms with Crippen molar-refractivity contribution in [1.29, 1.82) is 0 Å². The van der Waals surface area contributed by atoms with E-state index >= 15 is 0 Å². The van der Waals surface area contributed by atoms with Crippen LogP contribution in [0.25, 0.3) is 0 Å². The summed E-state index contributed by atoms with van der Waals surface area (Å²) >= 11 is 0. The summed E-state index contributed by atoms with van der Waals surface area (Å²) in [6, 6.07) is 14.4. The van der Waals surface area contributed by atoms with E-state index in [9.17, 15) is 14.7 Å². The first-order valence-electron chi connectivity index (χ1n) is 14.7. The summed E-state index contributed by atoms with van der Waals surface area (Å²) in [7, 11) is 3.12. The number of nitrogens with zero attached hydrogens (tertiary/aromatic N) is 2. The smallest absolute Gasteiger partial charge is 0.256 e. The van der Waals surface area contributed by atoms with Crippen LogP contribution in [0.2, 0.25) is 0 Å². The molecule has 4 aliphatic heterocycles. The molecule has 0 radical (unpaired) electrons. The van der Waals surface area contributed by atoms with Crippen LogP contribution in [0.5, 0.6) is 34.5 Å². The second-order valence-corrected chi connectivity index (χ2v) is 11.9. The Kier molecular flexibility index (Phi) is 5.93. The van der Waals surface area contributed by atoms with Crippen LogP contribution >= 0.6 is 0 Å². The van der Waals surface area contributed by atoms with E-state index in [4.69, 9.17) is 28.4 Å². The molecule has 44 heavy (non-hydrogen) atoms. The van der Waals surface area contributed by atoms with Crippen LogP contribution in [0.15, 0.2) is 48.5 Å². The number of methoxy groups -OCH3 is 2. The standard InChI is InChI=1S/C33H32N2O9/c1-17(36)34-14-22-28-21-12-25-30(44-16-42-25)31(40-3)26(21)27(19-7-5-4-6-8-19)33(28,38)32(37)35(22)13-20(34)9-18-10-23(39-2)29-24(11-18)41-15-43-29/h4-8,10-12,20,22,27-28,38H,9,13-16H2,1-3H3. The van der Waals surface area contributed by atoms with Gasteiger partial charge in [-0.1, -0.05) is 30.3 Å². The summed E-state index contributed by atoms with van der Waals surface area (Å²) < 4.78 is 34.1. The van der Waals surface area contributed by atoms with E-state index < -0.39 is 23.5 Å².